The van der Waals surface area contributed by atoms with Crippen LogP contribution in [0.2, 0.25) is 0 Å². The summed E-state index contributed by atoms with van der Waals surface area (Å²) in [4.78, 5) is 23.1. The molecule has 1 rings (SSSR count). The lowest BCUT2D eigenvalue weighted by molar-refractivity contribution is -0.188. The van der Waals surface area contributed by atoms with Gasteiger partial charge in [0.05, 0.1) is 17.4 Å². The van der Waals surface area contributed by atoms with Crippen molar-refractivity contribution in [2.24, 2.45) is 17.3 Å². The third-order valence-corrected chi connectivity index (χ3v) is 3.24. The Kier molecular flexibility index (Phi) is 3.76. The Morgan fingerprint density at radius 1 is 1.59 bits per heavy atom. The van der Waals surface area contributed by atoms with Crippen LogP contribution in [0.1, 0.15) is 34.1 Å². The van der Waals surface area contributed by atoms with Gasteiger partial charge in [-0.05, 0) is 20.3 Å². The van der Waals surface area contributed by atoms with E-state index in [9.17, 15) is 9.59 Å². The smallest absolute Gasteiger partial charge is 0.326 e. The first kappa shape index (κ1) is 13.5. The van der Waals surface area contributed by atoms with Crippen molar-refractivity contribution in [3.63, 3.8) is 0 Å². The molecule has 0 aliphatic carbocycles. The van der Waals surface area contributed by atoms with Crippen LogP contribution in [0, 0.1) is 28.6 Å². The van der Waals surface area contributed by atoms with Gasteiger partial charge in [-0.3, -0.25) is 9.59 Å². The monoisotopic (exact) mass is 239 g/mol. The highest BCUT2D eigenvalue weighted by Gasteiger charge is 2.45. The first-order valence-electron chi connectivity index (χ1n) is 5.64. The minimum absolute atomic E-state index is 0.414. The summed E-state index contributed by atoms with van der Waals surface area (Å²) in [7, 11) is 0. The normalized spacial score (nSPS) is 28.4. The topological polar surface area (TPSA) is 76.4 Å². The molecule has 1 aliphatic rings. The molecule has 0 N–H and O–H groups in total. The molecule has 1 fully saturated rings. The van der Waals surface area contributed by atoms with Crippen LogP contribution in [0.4, 0.5) is 0 Å². The molecule has 0 aromatic rings. The number of nitriles is 1. The van der Waals surface area contributed by atoms with Gasteiger partial charge < -0.3 is 9.47 Å². The third kappa shape index (κ3) is 2.57. The molecule has 94 valence electrons. The molecule has 0 amide bonds. The molecule has 0 spiro atoms. The Bertz CT molecular complexity index is 369. The number of carbonyl (C=O) groups is 2. The number of hydrogen-bond donors (Lipinski definition) is 0. The number of ether oxygens (including phenoxy) is 2. The number of cyclic esters (lactones) is 1. The van der Waals surface area contributed by atoms with Crippen molar-refractivity contribution in [2.75, 3.05) is 0 Å². The van der Waals surface area contributed by atoms with Crippen LogP contribution in [0.15, 0.2) is 0 Å². The summed E-state index contributed by atoms with van der Waals surface area (Å²) < 4.78 is 10.0. The summed E-state index contributed by atoms with van der Waals surface area (Å²) in [5, 5.41) is 8.77. The van der Waals surface area contributed by atoms with E-state index in [1.165, 1.54) is 0 Å². The fourth-order valence-corrected chi connectivity index (χ4v) is 1.38. The standard InChI is InChI=1S/C12H17NO4/c1-5-12(3,4)11(15)17-10-7(2)8(6-13)9(14)16-10/h7-8,10H,5H2,1-4H3. The van der Waals surface area contributed by atoms with E-state index in [0.29, 0.717) is 6.42 Å². The Morgan fingerprint density at radius 2 is 2.18 bits per heavy atom. The largest absolute Gasteiger partial charge is 0.424 e. The number of rotatable bonds is 3. The number of nitrogens with zero attached hydrogens (tertiary/aromatic N) is 1. The second-order valence-corrected chi connectivity index (χ2v) is 4.91. The SMILES string of the molecule is CCC(C)(C)C(=O)OC1OC(=O)C(C#N)C1C. The van der Waals surface area contributed by atoms with Crippen LogP contribution >= 0.6 is 0 Å². The van der Waals surface area contributed by atoms with E-state index in [1.807, 2.05) is 13.0 Å². The van der Waals surface area contributed by atoms with Gasteiger partial charge in [0.15, 0.2) is 5.92 Å². The van der Waals surface area contributed by atoms with Crippen molar-refractivity contribution in [2.45, 2.75) is 40.4 Å². The molecule has 3 atom stereocenters. The van der Waals surface area contributed by atoms with Gasteiger partial charge in [0.25, 0.3) is 6.29 Å². The molecule has 3 unspecified atom stereocenters. The lowest BCUT2D eigenvalue weighted by atomic mass is 9.90. The first-order chi connectivity index (χ1) is 7.83. The quantitative estimate of drug-likeness (QED) is 0.699. The average Bonchev–Trinajstić information content (AvgIpc) is 2.53. The van der Waals surface area contributed by atoms with Crippen molar-refractivity contribution in [1.82, 2.24) is 0 Å². The van der Waals surface area contributed by atoms with Crippen LogP contribution in [0.25, 0.3) is 0 Å². The minimum Gasteiger partial charge on any atom is -0.424 e. The summed E-state index contributed by atoms with van der Waals surface area (Å²) in [5.41, 5.74) is -0.614. The highest BCUT2D eigenvalue weighted by atomic mass is 16.7. The molecule has 0 bridgehead atoms. The highest BCUT2D eigenvalue weighted by Crippen LogP contribution is 2.31. The van der Waals surface area contributed by atoms with Crippen molar-refractivity contribution in [3.05, 3.63) is 0 Å². The summed E-state index contributed by atoms with van der Waals surface area (Å²) >= 11 is 0. The van der Waals surface area contributed by atoms with Crippen molar-refractivity contribution in [3.8, 4) is 6.07 Å². The van der Waals surface area contributed by atoms with E-state index in [2.05, 4.69) is 0 Å². The van der Waals surface area contributed by atoms with E-state index in [4.69, 9.17) is 14.7 Å². The predicted molar refractivity (Wildman–Crippen MR) is 58.3 cm³/mol. The number of esters is 2. The van der Waals surface area contributed by atoms with Crippen molar-refractivity contribution >= 4 is 11.9 Å². The molecule has 0 aromatic heterocycles. The Hall–Kier alpha value is -1.57. The van der Waals surface area contributed by atoms with E-state index in [0.717, 1.165) is 0 Å². The third-order valence-electron chi connectivity index (χ3n) is 3.24. The van der Waals surface area contributed by atoms with Crippen LogP contribution < -0.4 is 0 Å². The number of hydrogen-bond acceptors (Lipinski definition) is 5. The Morgan fingerprint density at radius 3 is 2.59 bits per heavy atom. The molecule has 0 saturated carbocycles. The first-order valence-corrected chi connectivity index (χ1v) is 5.64. The summed E-state index contributed by atoms with van der Waals surface area (Å²) in [6.45, 7) is 7.07. The molecular formula is C12H17NO4. The molecule has 1 heterocycles. The van der Waals surface area contributed by atoms with E-state index in [1.54, 1.807) is 20.8 Å². The molecule has 17 heavy (non-hydrogen) atoms. The van der Waals surface area contributed by atoms with Crippen LogP contribution in [0.3, 0.4) is 0 Å². The zero-order valence-corrected chi connectivity index (χ0v) is 10.5. The van der Waals surface area contributed by atoms with Gasteiger partial charge in [-0.1, -0.05) is 13.8 Å². The summed E-state index contributed by atoms with van der Waals surface area (Å²) in [6, 6.07) is 1.85. The van der Waals surface area contributed by atoms with Gasteiger partial charge in [-0.25, -0.2) is 0 Å². The van der Waals surface area contributed by atoms with Gasteiger partial charge in [-0.2, -0.15) is 5.26 Å². The zero-order valence-electron chi connectivity index (χ0n) is 10.5. The second kappa shape index (κ2) is 4.74. The maximum Gasteiger partial charge on any atom is 0.326 e. The molecular weight excluding hydrogens is 222 g/mol. The summed E-state index contributed by atoms with van der Waals surface area (Å²) in [5.74, 6) is -2.31. The lowest BCUT2D eigenvalue weighted by Gasteiger charge is -2.23. The van der Waals surface area contributed by atoms with Gasteiger partial charge in [0.2, 0.25) is 0 Å². The van der Waals surface area contributed by atoms with Crippen LogP contribution in [-0.2, 0) is 19.1 Å². The molecule has 0 radical (unpaired) electrons. The summed E-state index contributed by atoms with van der Waals surface area (Å²) in [6.07, 6.45) is -0.312. The zero-order chi connectivity index (χ0) is 13.2. The van der Waals surface area contributed by atoms with Crippen molar-refractivity contribution in [1.29, 1.82) is 5.26 Å². The van der Waals surface area contributed by atoms with Gasteiger partial charge in [0.1, 0.15) is 0 Å². The number of carbonyl (C=O) groups excluding carboxylic acids is 2. The molecule has 1 saturated heterocycles. The lowest BCUT2D eigenvalue weighted by Crippen LogP contribution is -2.32. The fraction of sp³-hybridized carbons (Fsp3) is 0.750. The van der Waals surface area contributed by atoms with Crippen LogP contribution in [0.5, 0.6) is 0 Å². The Labute approximate surface area is 101 Å². The molecule has 0 aromatic carbocycles. The predicted octanol–water partition coefficient (Wildman–Crippen LogP) is 1.62. The molecule has 5 nitrogen and oxygen atoms in total. The molecule has 1 aliphatic heterocycles. The van der Waals surface area contributed by atoms with Gasteiger partial charge in [-0.15, -0.1) is 0 Å². The molecule has 5 heteroatoms. The van der Waals surface area contributed by atoms with Crippen LogP contribution in [-0.4, -0.2) is 18.2 Å². The maximum absolute atomic E-state index is 11.8. The second-order valence-electron chi connectivity index (χ2n) is 4.91. The van der Waals surface area contributed by atoms with Crippen molar-refractivity contribution < 1.29 is 19.1 Å². The van der Waals surface area contributed by atoms with E-state index >= 15 is 0 Å². The van der Waals surface area contributed by atoms with E-state index in [-0.39, 0.29) is 0 Å². The van der Waals surface area contributed by atoms with Gasteiger partial charge in [0, 0.05) is 0 Å². The van der Waals surface area contributed by atoms with E-state index < -0.39 is 35.5 Å². The highest BCUT2D eigenvalue weighted by molar-refractivity contribution is 5.79. The fourth-order valence-electron chi connectivity index (χ4n) is 1.38. The minimum atomic E-state index is -0.939. The average molecular weight is 239 g/mol. The Balaban J connectivity index is 2.70. The maximum atomic E-state index is 11.8. The van der Waals surface area contributed by atoms with Gasteiger partial charge >= 0.3 is 11.9 Å².